The normalized spacial score (nSPS) is 10.7. The fourth-order valence-corrected chi connectivity index (χ4v) is 1.69. The SMILES string of the molecule is Sn1c(I)cc2cncnc21. The van der Waals surface area contributed by atoms with E-state index in [9.17, 15) is 0 Å². The number of aromatic nitrogens is 3. The van der Waals surface area contributed by atoms with E-state index in [1.165, 1.54) is 6.33 Å². The molecule has 2 aromatic rings. The second kappa shape index (κ2) is 2.63. The molecule has 0 amide bonds. The first-order chi connectivity index (χ1) is 5.29. The van der Waals surface area contributed by atoms with E-state index in [4.69, 9.17) is 0 Å². The van der Waals surface area contributed by atoms with Crippen molar-refractivity contribution in [3.63, 3.8) is 0 Å². The summed E-state index contributed by atoms with van der Waals surface area (Å²) in [5.74, 6) is 0. The molecule has 0 saturated heterocycles. The molecule has 0 spiro atoms. The Kier molecular flexibility index (Phi) is 1.76. The van der Waals surface area contributed by atoms with Crippen LogP contribution in [0.25, 0.3) is 11.0 Å². The Balaban J connectivity index is 2.92. The van der Waals surface area contributed by atoms with Gasteiger partial charge in [0.15, 0.2) is 5.65 Å². The van der Waals surface area contributed by atoms with E-state index in [0.717, 1.165) is 14.7 Å². The molecule has 3 nitrogen and oxygen atoms in total. The van der Waals surface area contributed by atoms with Crippen molar-refractivity contribution in [2.45, 2.75) is 0 Å². The molecule has 0 aliphatic heterocycles. The van der Waals surface area contributed by atoms with Gasteiger partial charge < -0.3 is 0 Å². The molecule has 5 heteroatoms. The highest BCUT2D eigenvalue weighted by molar-refractivity contribution is 14.1. The molecule has 2 rings (SSSR count). The van der Waals surface area contributed by atoms with Crippen molar-refractivity contribution in [2.24, 2.45) is 0 Å². The number of hydrogen-bond acceptors (Lipinski definition) is 3. The summed E-state index contributed by atoms with van der Waals surface area (Å²) in [5, 5.41) is 1.02. The number of fused-ring (bicyclic) bond motifs is 1. The van der Waals surface area contributed by atoms with Gasteiger partial charge in [-0.2, -0.15) is 0 Å². The van der Waals surface area contributed by atoms with Crippen molar-refractivity contribution >= 4 is 46.4 Å². The van der Waals surface area contributed by atoms with E-state index in [1.54, 1.807) is 10.2 Å². The molecule has 0 atom stereocenters. The molecule has 0 radical (unpaired) electrons. The van der Waals surface area contributed by atoms with Gasteiger partial charge in [0.25, 0.3) is 0 Å². The molecule has 0 fully saturated rings. The topological polar surface area (TPSA) is 30.7 Å². The fourth-order valence-electron chi connectivity index (χ4n) is 0.903. The zero-order valence-corrected chi connectivity index (χ0v) is 8.45. The molecule has 0 aromatic carbocycles. The number of rotatable bonds is 0. The molecule has 2 heterocycles. The molecule has 2 aromatic heterocycles. The molecule has 0 unspecified atom stereocenters. The van der Waals surface area contributed by atoms with Gasteiger partial charge in [0.2, 0.25) is 0 Å². The van der Waals surface area contributed by atoms with Crippen molar-refractivity contribution in [1.29, 1.82) is 0 Å². The van der Waals surface area contributed by atoms with Crippen molar-refractivity contribution in [2.75, 3.05) is 0 Å². The van der Waals surface area contributed by atoms with Gasteiger partial charge in [0.05, 0.1) is 3.70 Å². The Labute approximate surface area is 82.5 Å². The molecule has 0 aliphatic rings. The first-order valence-electron chi connectivity index (χ1n) is 2.95. The van der Waals surface area contributed by atoms with Crippen LogP contribution in [0.1, 0.15) is 0 Å². The Morgan fingerprint density at radius 3 is 3.09 bits per heavy atom. The Morgan fingerprint density at radius 1 is 1.55 bits per heavy atom. The predicted molar refractivity (Wildman–Crippen MR) is 54.6 cm³/mol. The molecule has 0 N–H and O–H groups in total. The van der Waals surface area contributed by atoms with Crippen LogP contribution in [0.4, 0.5) is 0 Å². The predicted octanol–water partition coefficient (Wildman–Crippen LogP) is 1.73. The third-order valence-corrected chi connectivity index (χ3v) is 2.98. The van der Waals surface area contributed by atoms with Crippen LogP contribution < -0.4 is 0 Å². The lowest BCUT2D eigenvalue weighted by Gasteiger charge is -1.92. The van der Waals surface area contributed by atoms with E-state index >= 15 is 0 Å². The number of nitrogens with zero attached hydrogens (tertiary/aromatic N) is 3. The second-order valence-corrected chi connectivity index (χ2v) is 3.59. The van der Waals surface area contributed by atoms with E-state index in [2.05, 4.69) is 45.4 Å². The zero-order chi connectivity index (χ0) is 7.84. The first-order valence-corrected chi connectivity index (χ1v) is 4.43. The summed E-state index contributed by atoms with van der Waals surface area (Å²) < 4.78 is 2.78. The maximum atomic E-state index is 4.23. The lowest BCUT2D eigenvalue weighted by molar-refractivity contribution is 1.17. The summed E-state index contributed by atoms with van der Waals surface area (Å²) in [5.41, 5.74) is 0.854. The van der Waals surface area contributed by atoms with Crippen LogP contribution in [0.3, 0.4) is 0 Å². The monoisotopic (exact) mass is 277 g/mol. The van der Waals surface area contributed by atoms with Crippen LogP contribution in [-0.4, -0.2) is 13.9 Å². The number of halogens is 1. The number of thiol groups is 1. The van der Waals surface area contributed by atoms with Gasteiger partial charge in [-0.05, 0) is 28.7 Å². The van der Waals surface area contributed by atoms with Crippen LogP contribution in [0.15, 0.2) is 18.6 Å². The summed E-state index contributed by atoms with van der Waals surface area (Å²) in [6, 6.07) is 1.99. The van der Waals surface area contributed by atoms with Gasteiger partial charge in [-0.15, -0.1) is 0 Å². The average molecular weight is 277 g/mol. The van der Waals surface area contributed by atoms with Gasteiger partial charge in [0.1, 0.15) is 6.33 Å². The molecule has 11 heavy (non-hydrogen) atoms. The third-order valence-electron chi connectivity index (χ3n) is 1.40. The van der Waals surface area contributed by atoms with Crippen molar-refractivity contribution in [3.8, 4) is 0 Å². The summed E-state index contributed by atoms with van der Waals surface area (Å²) in [7, 11) is 0. The van der Waals surface area contributed by atoms with Crippen molar-refractivity contribution < 1.29 is 0 Å². The molecule has 0 bridgehead atoms. The quantitative estimate of drug-likeness (QED) is 0.587. The lowest BCUT2D eigenvalue weighted by Crippen LogP contribution is -1.84. The zero-order valence-electron chi connectivity index (χ0n) is 5.40. The standard InChI is InChI=1S/C6H4IN3S/c7-5-1-4-2-8-3-9-6(4)10(5)11/h1-3,11H. The van der Waals surface area contributed by atoms with Crippen molar-refractivity contribution in [1.82, 2.24) is 13.9 Å². The molecular weight excluding hydrogens is 273 g/mol. The van der Waals surface area contributed by atoms with Gasteiger partial charge in [-0.3, -0.25) is 3.97 Å². The summed E-state index contributed by atoms with van der Waals surface area (Å²) in [6.45, 7) is 0. The van der Waals surface area contributed by atoms with Crippen molar-refractivity contribution in [3.05, 3.63) is 22.3 Å². The van der Waals surface area contributed by atoms with Crippen LogP contribution in [0.5, 0.6) is 0 Å². The fraction of sp³-hybridized carbons (Fsp3) is 0. The minimum atomic E-state index is 0.854. The maximum Gasteiger partial charge on any atom is 0.154 e. The highest BCUT2D eigenvalue weighted by Crippen LogP contribution is 2.18. The van der Waals surface area contributed by atoms with Gasteiger partial charge in [-0.1, -0.05) is 12.8 Å². The Morgan fingerprint density at radius 2 is 2.36 bits per heavy atom. The maximum absolute atomic E-state index is 4.23. The summed E-state index contributed by atoms with van der Waals surface area (Å²) in [6.07, 6.45) is 3.29. The van der Waals surface area contributed by atoms with Crippen LogP contribution in [-0.2, 0) is 0 Å². The third kappa shape index (κ3) is 1.12. The smallest absolute Gasteiger partial charge is 0.154 e. The van der Waals surface area contributed by atoms with Crippen LogP contribution in [0, 0.1) is 3.70 Å². The summed E-state index contributed by atoms with van der Waals surface area (Å²) in [4.78, 5) is 7.98. The van der Waals surface area contributed by atoms with E-state index in [-0.39, 0.29) is 0 Å². The van der Waals surface area contributed by atoms with Crippen LogP contribution in [0.2, 0.25) is 0 Å². The number of hydrogen-bond donors (Lipinski definition) is 1. The average Bonchev–Trinajstić information content (AvgIpc) is 2.30. The van der Waals surface area contributed by atoms with Gasteiger partial charge in [-0.25, -0.2) is 9.97 Å². The van der Waals surface area contributed by atoms with E-state index < -0.39 is 0 Å². The minimum absolute atomic E-state index is 0.854. The Bertz CT molecular complexity index is 398. The van der Waals surface area contributed by atoms with E-state index in [1.807, 2.05) is 6.07 Å². The Hall–Kier alpha value is -0.300. The largest absolute Gasteiger partial charge is 0.265 e. The molecular formula is C6H4IN3S. The molecule has 0 aliphatic carbocycles. The highest BCUT2D eigenvalue weighted by Gasteiger charge is 2.02. The summed E-state index contributed by atoms with van der Waals surface area (Å²) >= 11 is 6.43. The lowest BCUT2D eigenvalue weighted by atomic mass is 10.4. The van der Waals surface area contributed by atoms with Crippen LogP contribution >= 0.6 is 35.4 Å². The second-order valence-electron chi connectivity index (χ2n) is 2.08. The van der Waals surface area contributed by atoms with Gasteiger partial charge >= 0.3 is 0 Å². The highest BCUT2D eigenvalue weighted by atomic mass is 127. The first kappa shape index (κ1) is 7.35. The van der Waals surface area contributed by atoms with Gasteiger partial charge in [0, 0.05) is 11.6 Å². The molecule has 56 valence electrons. The minimum Gasteiger partial charge on any atom is -0.265 e. The van der Waals surface area contributed by atoms with E-state index in [0.29, 0.717) is 0 Å². The molecule has 0 saturated carbocycles.